The first-order valence-electron chi connectivity index (χ1n) is 8.07. The number of nitrogens with zero attached hydrogens (tertiary/aromatic N) is 1. The highest BCUT2D eigenvalue weighted by atomic mass is 15.2. The smallest absolute Gasteiger partial charge is 0.0249 e. The summed E-state index contributed by atoms with van der Waals surface area (Å²) in [5.41, 5.74) is 6.41. The van der Waals surface area contributed by atoms with E-state index in [1.807, 2.05) is 0 Å². The first-order valence-corrected chi connectivity index (χ1v) is 8.07. The molecule has 0 heterocycles. The van der Waals surface area contributed by atoms with Crippen molar-refractivity contribution < 1.29 is 0 Å². The van der Waals surface area contributed by atoms with E-state index in [-0.39, 0.29) is 0 Å². The van der Waals surface area contributed by atoms with Gasteiger partial charge >= 0.3 is 0 Å². The molecule has 2 nitrogen and oxygen atoms in total. The van der Waals surface area contributed by atoms with Crippen LogP contribution in [0.5, 0.6) is 0 Å². The number of rotatable bonds is 3. The fourth-order valence-corrected chi connectivity index (χ4v) is 4.03. The van der Waals surface area contributed by atoms with Crippen LogP contribution in [0.2, 0.25) is 0 Å². The Labute approximate surface area is 113 Å². The van der Waals surface area contributed by atoms with Gasteiger partial charge in [-0.1, -0.05) is 33.1 Å². The van der Waals surface area contributed by atoms with Gasteiger partial charge in [-0.3, -0.25) is 4.90 Å². The predicted octanol–water partition coefficient (Wildman–Crippen LogP) is 3.40. The third-order valence-corrected chi connectivity index (χ3v) is 5.53. The molecule has 2 heteroatoms. The van der Waals surface area contributed by atoms with Crippen LogP contribution >= 0.6 is 0 Å². The van der Waals surface area contributed by atoms with Gasteiger partial charge in [0.2, 0.25) is 0 Å². The van der Waals surface area contributed by atoms with E-state index in [0.29, 0.717) is 12.1 Å². The average Bonchev–Trinajstić information content (AvgIpc) is 2.39. The van der Waals surface area contributed by atoms with E-state index in [0.717, 1.165) is 17.9 Å². The molecule has 0 aliphatic heterocycles. The molecule has 3 atom stereocenters. The quantitative estimate of drug-likeness (QED) is 0.834. The first kappa shape index (κ1) is 14.3. The largest absolute Gasteiger partial charge is 0.326 e. The second kappa shape index (κ2) is 6.38. The molecule has 0 bridgehead atoms. The third-order valence-electron chi connectivity index (χ3n) is 5.53. The Morgan fingerprint density at radius 2 is 1.67 bits per heavy atom. The van der Waals surface area contributed by atoms with Crippen molar-refractivity contribution in [3.05, 3.63) is 0 Å². The van der Waals surface area contributed by atoms with Gasteiger partial charge in [0.1, 0.15) is 0 Å². The zero-order valence-electron chi connectivity index (χ0n) is 12.6. The molecule has 2 aliphatic carbocycles. The van der Waals surface area contributed by atoms with Crippen LogP contribution in [0.4, 0.5) is 0 Å². The van der Waals surface area contributed by atoms with Crippen LogP contribution in [0.1, 0.15) is 65.2 Å². The van der Waals surface area contributed by atoms with Crippen molar-refractivity contribution >= 4 is 0 Å². The van der Waals surface area contributed by atoms with E-state index < -0.39 is 0 Å². The summed E-state index contributed by atoms with van der Waals surface area (Å²) in [7, 11) is 2.34. The van der Waals surface area contributed by atoms with E-state index in [4.69, 9.17) is 5.73 Å². The van der Waals surface area contributed by atoms with Gasteiger partial charge in [0.05, 0.1) is 0 Å². The SMILES string of the molecule is CC(C)C1CCC(N)C(N(C)C2CCCCC2)C1. The van der Waals surface area contributed by atoms with Crippen LogP contribution in [0.25, 0.3) is 0 Å². The Bertz CT molecular complexity index is 245. The van der Waals surface area contributed by atoms with Crippen molar-refractivity contribution in [1.29, 1.82) is 0 Å². The van der Waals surface area contributed by atoms with Gasteiger partial charge in [-0.25, -0.2) is 0 Å². The van der Waals surface area contributed by atoms with E-state index in [9.17, 15) is 0 Å². The Hall–Kier alpha value is -0.0800. The molecule has 0 amide bonds. The zero-order valence-corrected chi connectivity index (χ0v) is 12.6. The second-order valence-electron chi connectivity index (χ2n) is 7.01. The van der Waals surface area contributed by atoms with Crippen molar-refractivity contribution in [3.63, 3.8) is 0 Å². The Morgan fingerprint density at radius 1 is 1.00 bits per heavy atom. The summed E-state index contributed by atoms with van der Waals surface area (Å²) in [5.74, 6) is 1.71. The number of hydrogen-bond acceptors (Lipinski definition) is 2. The normalized spacial score (nSPS) is 35.3. The van der Waals surface area contributed by atoms with Gasteiger partial charge in [0, 0.05) is 18.1 Å². The lowest BCUT2D eigenvalue weighted by Crippen LogP contribution is -2.53. The van der Waals surface area contributed by atoms with Crippen molar-refractivity contribution in [1.82, 2.24) is 4.90 Å². The van der Waals surface area contributed by atoms with Crippen molar-refractivity contribution in [2.75, 3.05) is 7.05 Å². The number of likely N-dealkylation sites (N-methyl/N-ethyl adjacent to an activating group) is 1. The molecule has 0 aromatic carbocycles. The average molecular weight is 252 g/mol. The number of hydrogen-bond donors (Lipinski definition) is 1. The van der Waals surface area contributed by atoms with E-state index in [1.54, 1.807) is 0 Å². The van der Waals surface area contributed by atoms with Crippen LogP contribution in [-0.2, 0) is 0 Å². The summed E-state index contributed by atoms with van der Waals surface area (Å²) < 4.78 is 0. The molecule has 106 valence electrons. The Morgan fingerprint density at radius 3 is 2.28 bits per heavy atom. The third kappa shape index (κ3) is 3.27. The van der Waals surface area contributed by atoms with Gasteiger partial charge in [-0.2, -0.15) is 0 Å². The summed E-state index contributed by atoms with van der Waals surface area (Å²) in [6.07, 6.45) is 11.0. The molecule has 0 aromatic heterocycles. The van der Waals surface area contributed by atoms with Crippen molar-refractivity contribution in [3.8, 4) is 0 Å². The van der Waals surface area contributed by atoms with Gasteiger partial charge < -0.3 is 5.73 Å². The molecule has 0 radical (unpaired) electrons. The molecule has 2 aliphatic rings. The summed E-state index contributed by atoms with van der Waals surface area (Å²) in [6, 6.07) is 1.85. The monoisotopic (exact) mass is 252 g/mol. The van der Waals surface area contributed by atoms with Crippen LogP contribution in [0.15, 0.2) is 0 Å². The summed E-state index contributed by atoms with van der Waals surface area (Å²) >= 11 is 0. The maximum Gasteiger partial charge on any atom is 0.0249 e. The summed E-state index contributed by atoms with van der Waals surface area (Å²) in [6.45, 7) is 4.75. The first-order chi connectivity index (χ1) is 8.59. The van der Waals surface area contributed by atoms with E-state index >= 15 is 0 Å². The molecule has 3 unspecified atom stereocenters. The maximum atomic E-state index is 6.41. The van der Waals surface area contributed by atoms with Crippen LogP contribution in [0.3, 0.4) is 0 Å². The van der Waals surface area contributed by atoms with Crippen LogP contribution in [0, 0.1) is 11.8 Å². The number of nitrogens with two attached hydrogens (primary N) is 1. The molecule has 0 saturated heterocycles. The van der Waals surface area contributed by atoms with Crippen LogP contribution in [-0.4, -0.2) is 30.1 Å². The molecule has 2 fully saturated rings. The lowest BCUT2D eigenvalue weighted by atomic mass is 9.76. The minimum Gasteiger partial charge on any atom is -0.326 e. The minimum atomic E-state index is 0.409. The lowest BCUT2D eigenvalue weighted by molar-refractivity contribution is 0.0685. The molecule has 2 saturated carbocycles. The fraction of sp³-hybridized carbons (Fsp3) is 1.00. The fourth-order valence-electron chi connectivity index (χ4n) is 4.03. The van der Waals surface area contributed by atoms with Crippen molar-refractivity contribution in [2.45, 2.75) is 83.3 Å². The van der Waals surface area contributed by atoms with Gasteiger partial charge in [-0.05, 0) is 51.0 Å². The maximum absolute atomic E-state index is 6.41. The predicted molar refractivity (Wildman–Crippen MR) is 78.6 cm³/mol. The minimum absolute atomic E-state index is 0.409. The highest BCUT2D eigenvalue weighted by Gasteiger charge is 2.34. The molecule has 0 spiro atoms. The van der Waals surface area contributed by atoms with E-state index in [2.05, 4.69) is 25.8 Å². The highest BCUT2D eigenvalue weighted by Crippen LogP contribution is 2.34. The Balaban J connectivity index is 1.95. The molecule has 2 rings (SSSR count). The molecule has 18 heavy (non-hydrogen) atoms. The van der Waals surface area contributed by atoms with Gasteiger partial charge in [-0.15, -0.1) is 0 Å². The standard InChI is InChI=1S/C16H32N2/c1-12(2)13-9-10-15(17)16(11-13)18(3)14-7-5-4-6-8-14/h12-16H,4-11,17H2,1-3H3. The molecule has 0 aromatic rings. The second-order valence-corrected chi connectivity index (χ2v) is 7.01. The van der Waals surface area contributed by atoms with Crippen molar-refractivity contribution in [2.24, 2.45) is 17.6 Å². The van der Waals surface area contributed by atoms with Gasteiger partial charge in [0.15, 0.2) is 0 Å². The molecule has 2 N–H and O–H groups in total. The summed E-state index contributed by atoms with van der Waals surface area (Å²) in [5, 5.41) is 0. The topological polar surface area (TPSA) is 29.3 Å². The van der Waals surface area contributed by atoms with E-state index in [1.165, 1.54) is 51.4 Å². The Kier molecular flexibility index (Phi) is 5.08. The summed E-state index contributed by atoms with van der Waals surface area (Å²) in [4.78, 5) is 2.65. The zero-order chi connectivity index (χ0) is 13.1. The highest BCUT2D eigenvalue weighted by molar-refractivity contribution is 4.91. The molecular formula is C16H32N2. The lowest BCUT2D eigenvalue weighted by Gasteiger charge is -2.45. The van der Waals surface area contributed by atoms with Gasteiger partial charge in [0.25, 0.3) is 0 Å². The molecular weight excluding hydrogens is 220 g/mol. The van der Waals surface area contributed by atoms with Crippen LogP contribution < -0.4 is 5.73 Å².